The van der Waals surface area contributed by atoms with Crippen molar-refractivity contribution in [2.75, 3.05) is 7.11 Å². The van der Waals surface area contributed by atoms with Crippen LogP contribution in [0.5, 0.6) is 0 Å². The quantitative estimate of drug-likeness (QED) is 0.725. The van der Waals surface area contributed by atoms with E-state index in [9.17, 15) is 0 Å². The van der Waals surface area contributed by atoms with Gasteiger partial charge in [0.1, 0.15) is 0 Å². The molecule has 0 bridgehead atoms. The van der Waals surface area contributed by atoms with Gasteiger partial charge < -0.3 is 10.5 Å². The van der Waals surface area contributed by atoms with E-state index in [1.165, 1.54) is 44.1 Å². The molecule has 2 rings (SSSR count). The fourth-order valence-corrected chi connectivity index (χ4v) is 2.83. The fraction of sp³-hybridized carbons (Fsp3) is 0.846. The summed E-state index contributed by atoms with van der Waals surface area (Å²) in [4.78, 5) is 0. The molecule has 1 saturated carbocycles. The molecule has 0 heterocycles. The first-order chi connectivity index (χ1) is 7.28. The highest BCUT2D eigenvalue weighted by Gasteiger charge is 2.43. The third kappa shape index (κ3) is 2.11. The van der Waals surface area contributed by atoms with Gasteiger partial charge in [0.05, 0.1) is 11.6 Å². The highest BCUT2D eigenvalue weighted by Crippen LogP contribution is 2.40. The molecule has 2 aliphatic rings. The highest BCUT2D eigenvalue weighted by molar-refractivity contribution is 5.19. The predicted molar refractivity (Wildman–Crippen MR) is 62.7 cm³/mol. The lowest BCUT2D eigenvalue weighted by atomic mass is 9.71. The monoisotopic (exact) mass is 209 g/mol. The van der Waals surface area contributed by atoms with Crippen molar-refractivity contribution in [1.29, 1.82) is 0 Å². The Morgan fingerprint density at radius 1 is 1.27 bits per heavy atom. The van der Waals surface area contributed by atoms with Crippen LogP contribution in [-0.4, -0.2) is 18.8 Å². The summed E-state index contributed by atoms with van der Waals surface area (Å²) in [6.07, 6.45) is 12.3. The molecule has 0 saturated heterocycles. The number of nitrogens with two attached hydrogens (primary N) is 1. The van der Waals surface area contributed by atoms with Crippen molar-refractivity contribution in [1.82, 2.24) is 0 Å². The molecule has 0 aromatic heterocycles. The molecular formula is C13H23NO. The molecule has 86 valence electrons. The van der Waals surface area contributed by atoms with Crippen molar-refractivity contribution in [3.63, 3.8) is 0 Å². The number of hydrogen-bond donors (Lipinski definition) is 1. The van der Waals surface area contributed by atoms with Crippen LogP contribution in [0.15, 0.2) is 11.6 Å². The van der Waals surface area contributed by atoms with Gasteiger partial charge in [0.15, 0.2) is 0 Å². The van der Waals surface area contributed by atoms with Gasteiger partial charge in [-0.3, -0.25) is 0 Å². The summed E-state index contributed by atoms with van der Waals surface area (Å²) < 4.78 is 5.66. The summed E-state index contributed by atoms with van der Waals surface area (Å²) in [6, 6.07) is 0.148. The standard InChI is InChI=1S/C13H23NO/c1-15-13(9-6-10-13)12(14)11-7-4-2-3-5-8-11/h7,12H,2-6,8-10,14H2,1H3. The van der Waals surface area contributed by atoms with E-state index >= 15 is 0 Å². The summed E-state index contributed by atoms with van der Waals surface area (Å²) in [7, 11) is 1.82. The van der Waals surface area contributed by atoms with E-state index in [4.69, 9.17) is 10.5 Å². The second-order valence-electron chi connectivity index (χ2n) is 4.98. The van der Waals surface area contributed by atoms with E-state index in [0.717, 1.165) is 12.8 Å². The lowest BCUT2D eigenvalue weighted by Gasteiger charge is -2.45. The van der Waals surface area contributed by atoms with Gasteiger partial charge in [-0.05, 0) is 44.9 Å². The van der Waals surface area contributed by atoms with Crippen LogP contribution >= 0.6 is 0 Å². The Hall–Kier alpha value is -0.340. The smallest absolute Gasteiger partial charge is 0.0867 e. The first kappa shape index (κ1) is 11.2. The molecule has 1 atom stereocenters. The molecule has 0 amide bonds. The molecule has 0 spiro atoms. The minimum Gasteiger partial charge on any atom is -0.376 e. The molecule has 0 radical (unpaired) electrons. The number of hydrogen-bond acceptors (Lipinski definition) is 2. The zero-order valence-electron chi connectivity index (χ0n) is 9.80. The molecule has 2 N–H and O–H groups in total. The molecule has 0 aromatic carbocycles. The second-order valence-corrected chi connectivity index (χ2v) is 4.98. The number of rotatable bonds is 3. The topological polar surface area (TPSA) is 35.2 Å². The Morgan fingerprint density at radius 3 is 2.67 bits per heavy atom. The molecule has 0 aliphatic heterocycles. The van der Waals surface area contributed by atoms with Gasteiger partial charge in [0.2, 0.25) is 0 Å². The zero-order chi connectivity index (χ0) is 10.7. The SMILES string of the molecule is COC1(C(N)C2=CCCCCC2)CCC1. The number of allylic oxidation sites excluding steroid dienone is 1. The average Bonchev–Trinajstić information content (AvgIpc) is 2.44. The van der Waals surface area contributed by atoms with Gasteiger partial charge in [-0.25, -0.2) is 0 Å². The van der Waals surface area contributed by atoms with E-state index in [-0.39, 0.29) is 11.6 Å². The molecule has 1 fully saturated rings. The van der Waals surface area contributed by atoms with Crippen LogP contribution in [0.25, 0.3) is 0 Å². The van der Waals surface area contributed by atoms with Gasteiger partial charge in [-0.2, -0.15) is 0 Å². The Balaban J connectivity index is 2.04. The van der Waals surface area contributed by atoms with Crippen LogP contribution in [0.3, 0.4) is 0 Å². The second kappa shape index (κ2) is 4.67. The summed E-state index contributed by atoms with van der Waals surface area (Å²) in [5, 5.41) is 0. The van der Waals surface area contributed by atoms with Gasteiger partial charge >= 0.3 is 0 Å². The fourth-order valence-electron chi connectivity index (χ4n) is 2.83. The largest absolute Gasteiger partial charge is 0.376 e. The summed E-state index contributed by atoms with van der Waals surface area (Å²) in [5.74, 6) is 0. The minimum absolute atomic E-state index is 0.0177. The Kier molecular flexibility index (Phi) is 3.47. The van der Waals surface area contributed by atoms with Crippen LogP contribution in [-0.2, 0) is 4.74 Å². The van der Waals surface area contributed by atoms with E-state index in [1.54, 1.807) is 0 Å². The average molecular weight is 209 g/mol. The molecule has 2 heteroatoms. The van der Waals surface area contributed by atoms with Crippen molar-refractivity contribution < 1.29 is 4.74 Å². The normalized spacial score (nSPS) is 27.5. The summed E-state index contributed by atoms with van der Waals surface area (Å²) in [6.45, 7) is 0. The van der Waals surface area contributed by atoms with E-state index < -0.39 is 0 Å². The van der Waals surface area contributed by atoms with E-state index in [1.807, 2.05) is 7.11 Å². The first-order valence-corrected chi connectivity index (χ1v) is 6.28. The van der Waals surface area contributed by atoms with Crippen molar-refractivity contribution >= 4 is 0 Å². The van der Waals surface area contributed by atoms with Crippen LogP contribution < -0.4 is 5.73 Å². The van der Waals surface area contributed by atoms with Gasteiger partial charge in [0.25, 0.3) is 0 Å². The molecule has 1 unspecified atom stereocenters. The molecule has 0 aromatic rings. The first-order valence-electron chi connectivity index (χ1n) is 6.28. The predicted octanol–water partition coefficient (Wildman–Crippen LogP) is 2.77. The number of methoxy groups -OCH3 is 1. The van der Waals surface area contributed by atoms with E-state index in [0.29, 0.717) is 0 Å². The van der Waals surface area contributed by atoms with E-state index in [2.05, 4.69) is 6.08 Å². The zero-order valence-corrected chi connectivity index (χ0v) is 9.80. The molecular weight excluding hydrogens is 186 g/mol. The lowest BCUT2D eigenvalue weighted by Crippen LogP contribution is -2.55. The van der Waals surface area contributed by atoms with Crippen molar-refractivity contribution in [3.05, 3.63) is 11.6 Å². The Bertz CT molecular complexity index is 237. The van der Waals surface area contributed by atoms with Crippen molar-refractivity contribution in [2.24, 2.45) is 5.73 Å². The van der Waals surface area contributed by atoms with Crippen molar-refractivity contribution in [2.45, 2.75) is 63.0 Å². The third-order valence-electron chi connectivity index (χ3n) is 4.15. The molecule has 15 heavy (non-hydrogen) atoms. The highest BCUT2D eigenvalue weighted by atomic mass is 16.5. The summed E-state index contributed by atoms with van der Waals surface area (Å²) >= 11 is 0. The maximum atomic E-state index is 6.38. The van der Waals surface area contributed by atoms with Gasteiger partial charge in [0, 0.05) is 7.11 Å². The van der Waals surface area contributed by atoms with Crippen molar-refractivity contribution in [3.8, 4) is 0 Å². The third-order valence-corrected chi connectivity index (χ3v) is 4.15. The molecule has 2 aliphatic carbocycles. The maximum Gasteiger partial charge on any atom is 0.0867 e. The lowest BCUT2D eigenvalue weighted by molar-refractivity contribution is -0.0827. The van der Waals surface area contributed by atoms with Crippen LogP contribution in [0, 0.1) is 0 Å². The Morgan fingerprint density at radius 2 is 2.07 bits per heavy atom. The maximum absolute atomic E-state index is 6.38. The summed E-state index contributed by atoms with van der Waals surface area (Å²) in [5.41, 5.74) is 7.81. The Labute approximate surface area is 92.9 Å². The van der Waals surface area contributed by atoms with Gasteiger partial charge in [-0.15, -0.1) is 0 Å². The minimum atomic E-state index is -0.0177. The van der Waals surface area contributed by atoms with Crippen LogP contribution in [0.2, 0.25) is 0 Å². The van der Waals surface area contributed by atoms with Crippen LogP contribution in [0.1, 0.15) is 51.4 Å². The van der Waals surface area contributed by atoms with Crippen LogP contribution in [0.4, 0.5) is 0 Å². The molecule has 2 nitrogen and oxygen atoms in total. The number of ether oxygens (including phenoxy) is 1. The van der Waals surface area contributed by atoms with Gasteiger partial charge in [-0.1, -0.05) is 18.1 Å².